The van der Waals surface area contributed by atoms with Crippen LogP contribution in [0.25, 0.3) is 6.08 Å². The number of imide groups is 1. The normalized spacial score (nSPS) is 16.0. The minimum absolute atomic E-state index is 0.0262. The molecule has 0 aromatic heterocycles. The van der Waals surface area contributed by atoms with Gasteiger partial charge in [-0.2, -0.15) is 0 Å². The Morgan fingerprint density at radius 2 is 1.94 bits per heavy atom. The Morgan fingerprint density at radius 1 is 1.19 bits per heavy atom. The third kappa shape index (κ3) is 5.05. The van der Waals surface area contributed by atoms with Crippen LogP contribution < -0.4 is 9.47 Å². The number of methoxy groups -OCH3 is 1. The molecule has 1 fully saturated rings. The zero-order chi connectivity index (χ0) is 22.5. The predicted octanol–water partition coefficient (Wildman–Crippen LogP) is 5.02. The molecule has 2 aromatic carbocycles. The van der Waals surface area contributed by atoms with Gasteiger partial charge in [0.25, 0.3) is 16.8 Å². The van der Waals surface area contributed by atoms with E-state index in [1.165, 1.54) is 25.3 Å². The van der Waals surface area contributed by atoms with E-state index in [2.05, 4.69) is 0 Å². The van der Waals surface area contributed by atoms with Crippen LogP contribution in [0.4, 0.5) is 10.5 Å². The van der Waals surface area contributed by atoms with E-state index in [4.69, 9.17) is 9.47 Å². The maximum Gasteiger partial charge on any atom is 0.293 e. The van der Waals surface area contributed by atoms with Crippen molar-refractivity contribution in [2.45, 2.75) is 32.9 Å². The Balaban J connectivity index is 1.83. The average Bonchev–Trinajstić information content (AvgIpc) is 3.02. The average molecular weight is 442 g/mol. The Kier molecular flexibility index (Phi) is 6.96. The first-order valence-electron chi connectivity index (χ1n) is 9.66. The van der Waals surface area contributed by atoms with E-state index in [1.54, 1.807) is 30.3 Å². The Hall–Kier alpha value is -3.33. The van der Waals surface area contributed by atoms with Crippen LogP contribution in [0, 0.1) is 10.1 Å². The lowest BCUT2D eigenvalue weighted by Crippen LogP contribution is -2.27. The van der Waals surface area contributed by atoms with Gasteiger partial charge in [-0.1, -0.05) is 31.2 Å². The summed E-state index contributed by atoms with van der Waals surface area (Å²) in [7, 11) is 1.53. The third-order valence-corrected chi connectivity index (χ3v) is 5.69. The Labute approximate surface area is 184 Å². The van der Waals surface area contributed by atoms with Gasteiger partial charge in [0.15, 0.2) is 11.5 Å². The van der Waals surface area contributed by atoms with E-state index in [1.807, 2.05) is 13.8 Å². The minimum Gasteiger partial charge on any atom is -0.493 e. The topological polar surface area (TPSA) is 99.0 Å². The van der Waals surface area contributed by atoms with Crippen molar-refractivity contribution < 1.29 is 24.0 Å². The standard InChI is InChI=1S/C22H22N2O6S/c1-4-14(2)30-18-10-9-15(11-19(18)29-3)12-20-21(25)23(22(26)31-20)13-16-7-5-6-8-17(16)24(27)28/h5-12,14H,4,13H2,1-3H3/b20-12-. The second-order valence-electron chi connectivity index (χ2n) is 6.90. The molecule has 0 bridgehead atoms. The molecular weight excluding hydrogens is 420 g/mol. The second-order valence-corrected chi connectivity index (χ2v) is 7.89. The smallest absolute Gasteiger partial charge is 0.293 e. The number of ether oxygens (including phenoxy) is 2. The fourth-order valence-corrected chi connectivity index (χ4v) is 3.79. The molecular formula is C22H22N2O6S. The van der Waals surface area contributed by atoms with Crippen molar-refractivity contribution >= 4 is 34.7 Å². The molecule has 0 radical (unpaired) electrons. The number of rotatable bonds is 8. The van der Waals surface area contributed by atoms with Crippen LogP contribution in [0.5, 0.6) is 11.5 Å². The zero-order valence-corrected chi connectivity index (χ0v) is 18.2. The number of benzene rings is 2. The lowest BCUT2D eigenvalue weighted by atomic mass is 10.1. The third-order valence-electron chi connectivity index (χ3n) is 4.78. The molecule has 2 aromatic rings. The van der Waals surface area contributed by atoms with E-state index in [-0.39, 0.29) is 23.2 Å². The van der Waals surface area contributed by atoms with Crippen molar-refractivity contribution in [3.8, 4) is 11.5 Å². The number of nitrogens with zero attached hydrogens (tertiary/aromatic N) is 2. The summed E-state index contributed by atoms with van der Waals surface area (Å²) in [4.78, 5) is 37.2. The molecule has 3 rings (SSSR count). The Morgan fingerprint density at radius 3 is 2.61 bits per heavy atom. The number of carbonyl (C=O) groups is 2. The van der Waals surface area contributed by atoms with Gasteiger partial charge in [0.05, 0.1) is 29.6 Å². The van der Waals surface area contributed by atoms with Crippen LogP contribution in [0.15, 0.2) is 47.4 Å². The van der Waals surface area contributed by atoms with Crippen molar-refractivity contribution in [3.63, 3.8) is 0 Å². The summed E-state index contributed by atoms with van der Waals surface area (Å²) in [6, 6.07) is 11.3. The van der Waals surface area contributed by atoms with Gasteiger partial charge < -0.3 is 9.47 Å². The summed E-state index contributed by atoms with van der Waals surface area (Å²) in [5.74, 6) is 0.624. The van der Waals surface area contributed by atoms with Crippen molar-refractivity contribution in [2.75, 3.05) is 7.11 Å². The van der Waals surface area contributed by atoms with Gasteiger partial charge in [-0.15, -0.1) is 0 Å². The number of nitro benzene ring substituents is 1. The summed E-state index contributed by atoms with van der Waals surface area (Å²) in [6.45, 7) is 3.82. The molecule has 1 unspecified atom stereocenters. The maximum absolute atomic E-state index is 12.8. The summed E-state index contributed by atoms with van der Waals surface area (Å²) < 4.78 is 11.2. The highest BCUT2D eigenvalue weighted by molar-refractivity contribution is 8.18. The number of hydrogen-bond acceptors (Lipinski definition) is 7. The molecule has 9 heteroatoms. The summed E-state index contributed by atoms with van der Waals surface area (Å²) >= 11 is 0.799. The number of para-hydroxylation sites is 1. The van der Waals surface area contributed by atoms with E-state index in [0.29, 0.717) is 22.6 Å². The zero-order valence-electron chi connectivity index (χ0n) is 17.4. The van der Waals surface area contributed by atoms with Crippen molar-refractivity contribution in [1.82, 2.24) is 4.90 Å². The minimum atomic E-state index is -0.528. The lowest BCUT2D eigenvalue weighted by Gasteiger charge is -2.15. The number of thioether (sulfide) groups is 1. The molecule has 0 N–H and O–H groups in total. The van der Waals surface area contributed by atoms with E-state index >= 15 is 0 Å². The molecule has 1 aliphatic heterocycles. The predicted molar refractivity (Wildman–Crippen MR) is 118 cm³/mol. The van der Waals surface area contributed by atoms with Crippen molar-refractivity contribution in [3.05, 3.63) is 68.6 Å². The lowest BCUT2D eigenvalue weighted by molar-refractivity contribution is -0.385. The van der Waals surface area contributed by atoms with E-state index in [9.17, 15) is 19.7 Å². The highest BCUT2D eigenvalue weighted by Gasteiger charge is 2.36. The summed E-state index contributed by atoms with van der Waals surface area (Å²) in [5.41, 5.74) is 0.834. The fraction of sp³-hybridized carbons (Fsp3) is 0.273. The SMILES string of the molecule is CCC(C)Oc1ccc(/C=C2\SC(=O)N(Cc3ccccc3[N+](=O)[O-])C2=O)cc1OC. The van der Waals surface area contributed by atoms with Gasteiger partial charge in [0.1, 0.15) is 0 Å². The van der Waals surface area contributed by atoms with Crippen LogP contribution >= 0.6 is 11.8 Å². The Bertz CT molecular complexity index is 1050. The molecule has 1 atom stereocenters. The molecule has 1 aliphatic rings. The number of carbonyl (C=O) groups excluding carboxylic acids is 2. The molecule has 1 heterocycles. The van der Waals surface area contributed by atoms with Gasteiger partial charge in [-0.3, -0.25) is 24.6 Å². The highest BCUT2D eigenvalue weighted by Crippen LogP contribution is 2.36. The first-order valence-corrected chi connectivity index (χ1v) is 10.5. The first-order chi connectivity index (χ1) is 14.8. The van der Waals surface area contributed by atoms with Crippen LogP contribution in [0.3, 0.4) is 0 Å². The largest absolute Gasteiger partial charge is 0.493 e. The molecule has 0 aliphatic carbocycles. The number of nitro groups is 1. The summed E-state index contributed by atoms with van der Waals surface area (Å²) in [6.07, 6.45) is 2.47. The molecule has 0 spiro atoms. The highest BCUT2D eigenvalue weighted by atomic mass is 32.2. The van der Waals surface area contributed by atoms with Crippen molar-refractivity contribution in [2.24, 2.45) is 0 Å². The molecule has 31 heavy (non-hydrogen) atoms. The van der Waals surface area contributed by atoms with Crippen LogP contribution in [-0.2, 0) is 11.3 Å². The number of hydrogen-bond donors (Lipinski definition) is 0. The van der Waals surface area contributed by atoms with E-state index < -0.39 is 16.1 Å². The van der Waals surface area contributed by atoms with Crippen LogP contribution in [-0.4, -0.2) is 34.2 Å². The first kappa shape index (κ1) is 22.4. The monoisotopic (exact) mass is 442 g/mol. The van der Waals surface area contributed by atoms with Crippen molar-refractivity contribution in [1.29, 1.82) is 0 Å². The summed E-state index contributed by atoms with van der Waals surface area (Å²) in [5, 5.41) is 10.7. The quantitative estimate of drug-likeness (QED) is 0.322. The second kappa shape index (κ2) is 9.65. The van der Waals surface area contributed by atoms with Crippen LogP contribution in [0.2, 0.25) is 0 Å². The molecule has 162 valence electrons. The number of amides is 2. The maximum atomic E-state index is 12.8. The van der Waals surface area contributed by atoms with Gasteiger partial charge in [-0.05, 0) is 48.9 Å². The van der Waals surface area contributed by atoms with E-state index in [0.717, 1.165) is 23.1 Å². The molecule has 8 nitrogen and oxygen atoms in total. The molecule has 1 saturated heterocycles. The molecule has 2 amide bonds. The van der Waals surface area contributed by atoms with Gasteiger partial charge in [0, 0.05) is 11.6 Å². The fourth-order valence-electron chi connectivity index (χ4n) is 2.95. The van der Waals surface area contributed by atoms with Gasteiger partial charge in [0.2, 0.25) is 0 Å². The van der Waals surface area contributed by atoms with Crippen LogP contribution in [0.1, 0.15) is 31.4 Å². The van der Waals surface area contributed by atoms with Gasteiger partial charge in [-0.25, -0.2) is 0 Å². The van der Waals surface area contributed by atoms with Gasteiger partial charge >= 0.3 is 0 Å². The molecule has 0 saturated carbocycles.